The van der Waals surface area contributed by atoms with Crippen LogP contribution >= 0.6 is 0 Å². The molecular formula is C18H27NO5. The predicted octanol–water partition coefficient (Wildman–Crippen LogP) is 2.96. The summed E-state index contributed by atoms with van der Waals surface area (Å²) >= 11 is 0. The zero-order valence-electron chi connectivity index (χ0n) is 14.8. The van der Waals surface area contributed by atoms with Crippen molar-refractivity contribution in [2.24, 2.45) is 0 Å². The molecule has 2 N–H and O–H groups in total. The van der Waals surface area contributed by atoms with E-state index in [4.69, 9.17) is 14.9 Å². The number of hydrogen-bond donors (Lipinski definition) is 2. The lowest BCUT2D eigenvalue weighted by molar-refractivity contribution is -0.142. The van der Waals surface area contributed by atoms with Gasteiger partial charge >= 0.3 is 12.1 Å². The van der Waals surface area contributed by atoms with Crippen molar-refractivity contribution in [1.29, 1.82) is 0 Å². The van der Waals surface area contributed by atoms with Crippen molar-refractivity contribution < 1.29 is 24.5 Å². The number of hydrogen-bond acceptors (Lipinski definition) is 4. The van der Waals surface area contributed by atoms with Gasteiger partial charge in [0.05, 0.1) is 6.61 Å². The van der Waals surface area contributed by atoms with Crippen LogP contribution in [0.4, 0.5) is 4.79 Å². The topological polar surface area (TPSA) is 87.1 Å². The average molecular weight is 337 g/mol. The van der Waals surface area contributed by atoms with Crippen LogP contribution in [0, 0.1) is 6.92 Å². The molecule has 1 aliphatic heterocycles. The van der Waals surface area contributed by atoms with E-state index in [9.17, 15) is 9.59 Å². The molecule has 1 amide bonds. The lowest BCUT2D eigenvalue weighted by Gasteiger charge is -2.26. The first-order chi connectivity index (χ1) is 11.1. The summed E-state index contributed by atoms with van der Waals surface area (Å²) in [4.78, 5) is 23.7. The number of ether oxygens (including phenoxy) is 1. The number of aryl methyl sites for hydroxylation is 1. The Morgan fingerprint density at radius 2 is 1.83 bits per heavy atom. The maximum Gasteiger partial charge on any atom is 0.411 e. The van der Waals surface area contributed by atoms with Gasteiger partial charge in [-0.2, -0.15) is 0 Å². The van der Waals surface area contributed by atoms with Gasteiger partial charge in [0.2, 0.25) is 0 Å². The van der Waals surface area contributed by atoms with Gasteiger partial charge in [-0.05, 0) is 46.1 Å². The number of nitrogens with zero attached hydrogens (tertiary/aromatic N) is 1. The Morgan fingerprint density at radius 1 is 1.25 bits per heavy atom. The van der Waals surface area contributed by atoms with Gasteiger partial charge in [0, 0.05) is 6.54 Å². The first kappa shape index (κ1) is 20.0. The number of amides is 1. The Hall–Kier alpha value is -2.08. The van der Waals surface area contributed by atoms with Crippen molar-refractivity contribution in [3.63, 3.8) is 0 Å². The molecule has 2 rings (SSSR count). The normalized spacial score (nSPS) is 17.0. The van der Waals surface area contributed by atoms with Crippen LogP contribution < -0.4 is 0 Å². The minimum absolute atomic E-state index is 0.139. The molecule has 6 heteroatoms. The highest BCUT2D eigenvalue weighted by Gasteiger charge is 2.36. The van der Waals surface area contributed by atoms with E-state index >= 15 is 0 Å². The van der Waals surface area contributed by atoms with Crippen molar-refractivity contribution in [2.75, 3.05) is 6.54 Å². The van der Waals surface area contributed by atoms with Crippen molar-refractivity contribution in [3.05, 3.63) is 35.4 Å². The number of likely N-dealkylation sites (tertiary alicyclic amines) is 1. The van der Waals surface area contributed by atoms with E-state index in [0.717, 1.165) is 12.0 Å². The lowest BCUT2D eigenvalue weighted by Crippen LogP contribution is -2.43. The summed E-state index contributed by atoms with van der Waals surface area (Å²) in [5, 5.41) is 17.5. The zero-order chi connectivity index (χ0) is 18.3. The zero-order valence-corrected chi connectivity index (χ0v) is 14.8. The molecule has 1 heterocycles. The predicted molar refractivity (Wildman–Crippen MR) is 90.7 cm³/mol. The Labute approximate surface area is 143 Å². The summed E-state index contributed by atoms with van der Waals surface area (Å²) in [6, 6.07) is 7.11. The van der Waals surface area contributed by atoms with Crippen molar-refractivity contribution in [1.82, 2.24) is 4.90 Å². The number of carbonyl (C=O) groups excluding carboxylic acids is 1. The summed E-state index contributed by atoms with van der Waals surface area (Å²) in [7, 11) is 0. The van der Waals surface area contributed by atoms with Gasteiger partial charge in [-0.1, -0.05) is 29.8 Å². The first-order valence-electron chi connectivity index (χ1n) is 8.03. The largest absolute Gasteiger partial charge is 0.480 e. The van der Waals surface area contributed by atoms with Gasteiger partial charge in [-0.15, -0.1) is 0 Å². The molecule has 0 aliphatic carbocycles. The quantitative estimate of drug-likeness (QED) is 0.866. The SMILES string of the molecule is CC(C)(C)OC(=O)N1CCCC1C(=O)O.Cc1ccc(CO)cc1. The Balaban J connectivity index is 0.000000272. The molecule has 0 saturated carbocycles. The fourth-order valence-electron chi connectivity index (χ4n) is 2.26. The molecule has 1 saturated heterocycles. The third-order valence-electron chi connectivity index (χ3n) is 3.47. The number of aliphatic hydroxyl groups is 1. The molecule has 24 heavy (non-hydrogen) atoms. The minimum Gasteiger partial charge on any atom is -0.480 e. The number of carbonyl (C=O) groups is 2. The molecule has 1 aromatic rings. The van der Waals surface area contributed by atoms with Crippen LogP contribution in [0.1, 0.15) is 44.7 Å². The van der Waals surface area contributed by atoms with Gasteiger partial charge in [-0.25, -0.2) is 9.59 Å². The smallest absolute Gasteiger partial charge is 0.411 e. The third kappa shape index (κ3) is 6.58. The molecule has 0 aromatic heterocycles. The van der Waals surface area contributed by atoms with Crippen LogP contribution in [-0.2, 0) is 16.1 Å². The Morgan fingerprint density at radius 3 is 2.29 bits per heavy atom. The van der Waals surface area contributed by atoms with Gasteiger partial charge in [0.15, 0.2) is 0 Å². The summed E-state index contributed by atoms with van der Waals surface area (Å²) in [5.74, 6) is -0.960. The van der Waals surface area contributed by atoms with E-state index in [1.807, 2.05) is 31.2 Å². The number of carboxylic acid groups (broad SMARTS) is 1. The fourth-order valence-corrected chi connectivity index (χ4v) is 2.26. The van der Waals surface area contributed by atoms with E-state index in [1.54, 1.807) is 20.8 Å². The van der Waals surface area contributed by atoms with Crippen LogP contribution in [0.5, 0.6) is 0 Å². The second-order valence-corrected chi connectivity index (χ2v) is 6.81. The molecular weight excluding hydrogens is 310 g/mol. The third-order valence-corrected chi connectivity index (χ3v) is 3.47. The highest BCUT2D eigenvalue weighted by molar-refractivity contribution is 5.80. The van der Waals surface area contributed by atoms with E-state index in [-0.39, 0.29) is 6.61 Å². The molecule has 1 atom stereocenters. The maximum absolute atomic E-state index is 11.6. The molecule has 1 unspecified atom stereocenters. The van der Waals surface area contributed by atoms with Crippen molar-refractivity contribution >= 4 is 12.1 Å². The Bertz CT molecular complexity index is 548. The fraction of sp³-hybridized carbons (Fsp3) is 0.556. The number of carboxylic acids is 1. The highest BCUT2D eigenvalue weighted by Crippen LogP contribution is 2.20. The maximum atomic E-state index is 11.6. The van der Waals surface area contributed by atoms with Gasteiger partial charge < -0.3 is 14.9 Å². The summed E-state index contributed by atoms with van der Waals surface area (Å²) in [5.41, 5.74) is 1.62. The lowest BCUT2D eigenvalue weighted by atomic mass is 10.2. The molecule has 0 spiro atoms. The second-order valence-electron chi connectivity index (χ2n) is 6.81. The monoisotopic (exact) mass is 337 g/mol. The van der Waals surface area contributed by atoms with E-state index in [0.29, 0.717) is 13.0 Å². The second kappa shape index (κ2) is 8.68. The van der Waals surface area contributed by atoms with Crippen LogP contribution in [0.2, 0.25) is 0 Å². The molecule has 6 nitrogen and oxygen atoms in total. The van der Waals surface area contributed by atoms with Crippen molar-refractivity contribution in [2.45, 2.75) is 58.8 Å². The summed E-state index contributed by atoms with van der Waals surface area (Å²) in [6.07, 6.45) is 0.692. The van der Waals surface area contributed by atoms with Crippen LogP contribution in [0.3, 0.4) is 0 Å². The highest BCUT2D eigenvalue weighted by atomic mass is 16.6. The number of benzene rings is 1. The molecule has 134 valence electrons. The molecule has 0 radical (unpaired) electrons. The standard InChI is InChI=1S/C10H17NO4.C8H10O/c1-10(2,3)15-9(14)11-6-4-5-7(11)8(12)13;1-7-2-4-8(6-9)5-3-7/h7H,4-6H2,1-3H3,(H,12,13);2-5,9H,6H2,1H3. The summed E-state index contributed by atoms with van der Waals surface area (Å²) < 4.78 is 5.13. The van der Waals surface area contributed by atoms with E-state index in [2.05, 4.69) is 0 Å². The van der Waals surface area contributed by atoms with Crippen LogP contribution in [-0.4, -0.2) is 45.4 Å². The number of aliphatic carboxylic acids is 1. The van der Waals surface area contributed by atoms with E-state index < -0.39 is 23.7 Å². The minimum atomic E-state index is -0.960. The molecule has 1 aliphatic rings. The van der Waals surface area contributed by atoms with E-state index in [1.165, 1.54) is 10.5 Å². The number of rotatable bonds is 2. The van der Waals surface area contributed by atoms with Gasteiger partial charge in [-0.3, -0.25) is 4.90 Å². The summed E-state index contributed by atoms with van der Waals surface area (Å²) in [6.45, 7) is 7.91. The average Bonchev–Trinajstić information content (AvgIpc) is 2.97. The van der Waals surface area contributed by atoms with Crippen LogP contribution in [0.25, 0.3) is 0 Å². The number of aliphatic hydroxyl groups excluding tert-OH is 1. The molecule has 1 fully saturated rings. The van der Waals surface area contributed by atoms with Gasteiger partial charge in [0.25, 0.3) is 0 Å². The Kier molecular flexibility index (Phi) is 7.22. The first-order valence-corrected chi connectivity index (χ1v) is 8.03. The molecule has 1 aromatic carbocycles. The van der Waals surface area contributed by atoms with Crippen molar-refractivity contribution in [3.8, 4) is 0 Å². The molecule has 0 bridgehead atoms. The van der Waals surface area contributed by atoms with Crippen LogP contribution in [0.15, 0.2) is 24.3 Å². The van der Waals surface area contributed by atoms with Gasteiger partial charge in [0.1, 0.15) is 11.6 Å².